The number of methoxy groups -OCH3 is 2. The van der Waals surface area contributed by atoms with Crippen LogP contribution in [0.3, 0.4) is 0 Å². The van der Waals surface area contributed by atoms with E-state index in [1.807, 2.05) is 0 Å². The van der Waals surface area contributed by atoms with Crippen LogP contribution in [-0.2, 0) is 7.05 Å². The van der Waals surface area contributed by atoms with Gasteiger partial charge in [-0.2, -0.15) is 5.10 Å². The number of aromatic carboxylic acids is 1. The summed E-state index contributed by atoms with van der Waals surface area (Å²) in [6.07, 6.45) is 0. The molecule has 0 amide bonds. The molecule has 1 heterocycles. The van der Waals surface area contributed by atoms with Gasteiger partial charge in [0.1, 0.15) is 11.5 Å². The summed E-state index contributed by atoms with van der Waals surface area (Å²) in [5.41, 5.74) is 1.13. The van der Waals surface area contributed by atoms with Crippen LogP contribution in [0.15, 0.2) is 18.2 Å². The maximum absolute atomic E-state index is 11.0. The zero-order valence-corrected chi connectivity index (χ0v) is 11.9. The van der Waals surface area contributed by atoms with E-state index >= 15 is 0 Å². The third-order valence-electron chi connectivity index (χ3n) is 2.83. The number of carbonyl (C=O) groups is 1. The van der Waals surface area contributed by atoms with E-state index in [2.05, 4.69) is 5.10 Å². The molecule has 7 heteroatoms. The molecule has 1 aromatic heterocycles. The molecule has 0 aliphatic heterocycles. The van der Waals surface area contributed by atoms with Crippen molar-refractivity contribution in [1.29, 1.82) is 0 Å². The Morgan fingerprint density at radius 2 is 2.00 bits per heavy atom. The van der Waals surface area contributed by atoms with E-state index in [4.69, 9.17) is 26.2 Å². The van der Waals surface area contributed by atoms with Crippen LogP contribution in [-0.4, -0.2) is 35.1 Å². The van der Waals surface area contributed by atoms with Crippen LogP contribution < -0.4 is 9.47 Å². The molecule has 1 N–H and O–H groups in total. The predicted octanol–water partition coefficient (Wildman–Crippen LogP) is 2.46. The Kier molecular flexibility index (Phi) is 3.85. The van der Waals surface area contributed by atoms with E-state index in [0.29, 0.717) is 27.8 Å². The number of benzene rings is 1. The summed E-state index contributed by atoms with van der Waals surface area (Å²) in [6, 6.07) is 4.79. The summed E-state index contributed by atoms with van der Waals surface area (Å²) in [7, 11) is 4.66. The van der Waals surface area contributed by atoms with Gasteiger partial charge in [-0.3, -0.25) is 4.68 Å². The molecule has 0 fully saturated rings. The van der Waals surface area contributed by atoms with Gasteiger partial charge in [0, 0.05) is 18.7 Å². The van der Waals surface area contributed by atoms with Gasteiger partial charge in [0.25, 0.3) is 0 Å². The second-order valence-electron chi connectivity index (χ2n) is 4.03. The SMILES string of the molecule is COc1cc(Cl)c(OC)c(-c2cc(C(=O)O)nn2C)c1. The number of ether oxygens (including phenoxy) is 2. The van der Waals surface area contributed by atoms with Crippen LogP contribution in [0.4, 0.5) is 0 Å². The lowest BCUT2D eigenvalue weighted by atomic mass is 10.1. The summed E-state index contributed by atoms with van der Waals surface area (Å²) in [5, 5.41) is 13.3. The molecule has 20 heavy (non-hydrogen) atoms. The van der Waals surface area contributed by atoms with Gasteiger partial charge in [0.05, 0.1) is 24.9 Å². The van der Waals surface area contributed by atoms with Crippen molar-refractivity contribution in [2.24, 2.45) is 7.05 Å². The highest BCUT2D eigenvalue weighted by molar-refractivity contribution is 6.32. The third-order valence-corrected chi connectivity index (χ3v) is 3.11. The molecule has 0 saturated heterocycles. The highest BCUT2D eigenvalue weighted by atomic mass is 35.5. The number of carboxylic acid groups (broad SMARTS) is 1. The molecule has 106 valence electrons. The minimum Gasteiger partial charge on any atom is -0.497 e. The van der Waals surface area contributed by atoms with Crippen molar-refractivity contribution >= 4 is 17.6 Å². The zero-order chi connectivity index (χ0) is 14.9. The Morgan fingerprint density at radius 3 is 2.50 bits per heavy atom. The summed E-state index contributed by atoms with van der Waals surface area (Å²) >= 11 is 6.13. The molecule has 1 aromatic carbocycles. The lowest BCUT2D eigenvalue weighted by Gasteiger charge is -2.12. The van der Waals surface area contributed by atoms with E-state index in [9.17, 15) is 4.79 Å². The number of halogens is 1. The van der Waals surface area contributed by atoms with Crippen molar-refractivity contribution in [3.8, 4) is 22.8 Å². The molecule has 0 aliphatic rings. The monoisotopic (exact) mass is 296 g/mol. The molecule has 0 radical (unpaired) electrons. The van der Waals surface area contributed by atoms with Gasteiger partial charge >= 0.3 is 5.97 Å². The first-order valence-corrected chi connectivity index (χ1v) is 6.05. The summed E-state index contributed by atoms with van der Waals surface area (Å²) in [4.78, 5) is 11.0. The minimum absolute atomic E-state index is 0.0523. The van der Waals surface area contributed by atoms with Gasteiger partial charge in [-0.1, -0.05) is 11.6 Å². The molecule has 0 atom stereocenters. The van der Waals surface area contributed by atoms with Gasteiger partial charge in [0.15, 0.2) is 5.69 Å². The smallest absolute Gasteiger partial charge is 0.356 e. The van der Waals surface area contributed by atoms with Crippen molar-refractivity contribution in [3.05, 3.63) is 28.9 Å². The fourth-order valence-electron chi connectivity index (χ4n) is 1.91. The van der Waals surface area contributed by atoms with E-state index in [0.717, 1.165) is 0 Å². The van der Waals surface area contributed by atoms with Crippen molar-refractivity contribution in [3.63, 3.8) is 0 Å². The molecule has 0 aliphatic carbocycles. The van der Waals surface area contributed by atoms with E-state index in [-0.39, 0.29) is 5.69 Å². The molecular formula is C13H13ClN2O4. The minimum atomic E-state index is -1.10. The van der Waals surface area contributed by atoms with E-state index in [1.165, 1.54) is 25.0 Å². The Balaban J connectivity index is 2.67. The highest BCUT2D eigenvalue weighted by Crippen LogP contribution is 2.39. The Bertz CT molecular complexity index is 667. The van der Waals surface area contributed by atoms with Crippen LogP contribution in [0, 0.1) is 0 Å². The molecular weight excluding hydrogens is 284 g/mol. The van der Waals surface area contributed by atoms with E-state index < -0.39 is 5.97 Å². The van der Waals surface area contributed by atoms with Gasteiger partial charge < -0.3 is 14.6 Å². The van der Waals surface area contributed by atoms with Crippen molar-refractivity contribution in [2.75, 3.05) is 14.2 Å². The molecule has 6 nitrogen and oxygen atoms in total. The molecule has 0 spiro atoms. The lowest BCUT2D eigenvalue weighted by molar-refractivity contribution is 0.0689. The van der Waals surface area contributed by atoms with E-state index in [1.54, 1.807) is 19.2 Å². The molecule has 2 rings (SSSR count). The first-order chi connectivity index (χ1) is 9.47. The van der Waals surface area contributed by atoms with Crippen LogP contribution in [0.2, 0.25) is 5.02 Å². The zero-order valence-electron chi connectivity index (χ0n) is 11.2. The average Bonchev–Trinajstić information content (AvgIpc) is 2.80. The number of aromatic nitrogens is 2. The Morgan fingerprint density at radius 1 is 1.30 bits per heavy atom. The van der Waals surface area contributed by atoms with Crippen molar-refractivity contribution in [2.45, 2.75) is 0 Å². The second kappa shape index (κ2) is 5.42. The normalized spacial score (nSPS) is 10.4. The van der Waals surface area contributed by atoms with Crippen molar-refractivity contribution < 1.29 is 19.4 Å². The molecule has 0 unspecified atom stereocenters. The van der Waals surface area contributed by atoms with Crippen LogP contribution in [0.5, 0.6) is 11.5 Å². The van der Waals surface area contributed by atoms with Crippen molar-refractivity contribution in [1.82, 2.24) is 9.78 Å². The highest BCUT2D eigenvalue weighted by Gasteiger charge is 2.18. The van der Waals surface area contributed by atoms with Gasteiger partial charge in [-0.15, -0.1) is 0 Å². The molecule has 2 aromatic rings. The standard InChI is InChI=1S/C13H13ClN2O4/c1-16-11(6-10(15-16)13(17)18)8-4-7(19-2)5-9(14)12(8)20-3/h4-6H,1-3H3,(H,17,18). The van der Waals surface area contributed by atoms with Gasteiger partial charge in [0.2, 0.25) is 0 Å². The topological polar surface area (TPSA) is 73.6 Å². The summed E-state index contributed by atoms with van der Waals surface area (Å²) in [6.45, 7) is 0. The van der Waals surface area contributed by atoms with Gasteiger partial charge in [-0.05, 0) is 12.1 Å². The maximum Gasteiger partial charge on any atom is 0.356 e. The fourth-order valence-corrected chi connectivity index (χ4v) is 2.19. The first kappa shape index (κ1) is 14.2. The summed E-state index contributed by atoms with van der Waals surface area (Å²) < 4.78 is 11.9. The lowest BCUT2D eigenvalue weighted by Crippen LogP contribution is -2.00. The van der Waals surface area contributed by atoms with Crippen LogP contribution in [0.25, 0.3) is 11.3 Å². The van der Waals surface area contributed by atoms with Gasteiger partial charge in [-0.25, -0.2) is 4.79 Å². The first-order valence-electron chi connectivity index (χ1n) is 5.67. The van der Waals surface area contributed by atoms with Crippen LogP contribution >= 0.6 is 11.6 Å². The number of aryl methyl sites for hydroxylation is 1. The fraction of sp³-hybridized carbons (Fsp3) is 0.231. The number of rotatable bonds is 4. The summed E-state index contributed by atoms with van der Waals surface area (Å²) in [5.74, 6) is -0.115. The largest absolute Gasteiger partial charge is 0.497 e. The molecule has 0 bridgehead atoms. The Hall–Kier alpha value is -2.21. The van der Waals surface area contributed by atoms with Crippen LogP contribution in [0.1, 0.15) is 10.5 Å². The predicted molar refractivity (Wildman–Crippen MR) is 73.7 cm³/mol. The number of carboxylic acids is 1. The quantitative estimate of drug-likeness (QED) is 0.938. The second-order valence-corrected chi connectivity index (χ2v) is 4.44. The number of hydrogen-bond acceptors (Lipinski definition) is 4. The third kappa shape index (κ3) is 2.42. The number of hydrogen-bond donors (Lipinski definition) is 1. The maximum atomic E-state index is 11.0. The average molecular weight is 297 g/mol. The molecule has 0 saturated carbocycles. The Labute approximate surface area is 120 Å². The number of nitrogens with zero attached hydrogens (tertiary/aromatic N) is 2.